The van der Waals surface area contributed by atoms with Crippen molar-refractivity contribution >= 4 is 5.97 Å². The number of aromatic carboxylic acids is 1. The van der Waals surface area contributed by atoms with Gasteiger partial charge >= 0.3 is 5.97 Å². The second-order valence-corrected chi connectivity index (χ2v) is 4.18. The fourth-order valence-corrected chi connectivity index (χ4v) is 2.06. The fraction of sp³-hybridized carbons (Fsp3) is 0.143. The summed E-state index contributed by atoms with van der Waals surface area (Å²) in [6.45, 7) is 3.58. The number of hydrogen-bond donors (Lipinski definition) is 1. The molecule has 0 saturated heterocycles. The van der Waals surface area contributed by atoms with E-state index in [2.05, 4.69) is 4.98 Å². The summed E-state index contributed by atoms with van der Waals surface area (Å²) in [5, 5.41) is 8.94. The van der Waals surface area contributed by atoms with Gasteiger partial charge in [-0.25, -0.2) is 9.18 Å². The van der Waals surface area contributed by atoms with Gasteiger partial charge in [0.15, 0.2) is 0 Å². The Bertz CT molecular complexity index is 600. The van der Waals surface area contributed by atoms with Crippen LogP contribution < -0.4 is 0 Å². The number of nitrogens with zero attached hydrogens (tertiary/aromatic N) is 1. The number of carbonyl (C=O) groups is 1. The second kappa shape index (κ2) is 4.56. The van der Waals surface area contributed by atoms with Crippen LogP contribution in [-0.2, 0) is 0 Å². The summed E-state index contributed by atoms with van der Waals surface area (Å²) in [6, 6.07) is 4.40. The molecule has 2 rings (SSSR count). The zero-order valence-electron chi connectivity index (χ0n) is 10.1. The maximum atomic E-state index is 13.2. The molecule has 0 spiro atoms. The van der Waals surface area contributed by atoms with Crippen LogP contribution in [-0.4, -0.2) is 16.1 Å². The first-order chi connectivity index (χ1) is 8.49. The van der Waals surface area contributed by atoms with Crippen molar-refractivity contribution in [1.82, 2.24) is 4.98 Å². The van der Waals surface area contributed by atoms with Gasteiger partial charge in [-0.2, -0.15) is 0 Å². The van der Waals surface area contributed by atoms with Crippen molar-refractivity contribution < 1.29 is 14.3 Å². The van der Waals surface area contributed by atoms with Gasteiger partial charge in [0.25, 0.3) is 0 Å². The Hall–Kier alpha value is -2.23. The number of halogens is 1. The average Bonchev–Trinajstić information content (AvgIpc) is 2.28. The number of aromatic nitrogens is 1. The Morgan fingerprint density at radius 1 is 1.17 bits per heavy atom. The minimum atomic E-state index is -1.03. The van der Waals surface area contributed by atoms with Gasteiger partial charge in [-0.1, -0.05) is 0 Å². The first-order valence-corrected chi connectivity index (χ1v) is 5.44. The molecule has 0 unspecified atom stereocenters. The predicted octanol–water partition coefficient (Wildman–Crippen LogP) is 3.20. The lowest BCUT2D eigenvalue weighted by molar-refractivity contribution is 0.0696. The first kappa shape index (κ1) is 12.2. The number of rotatable bonds is 2. The Balaban J connectivity index is 2.62. The van der Waals surface area contributed by atoms with Crippen molar-refractivity contribution in [2.24, 2.45) is 0 Å². The number of benzene rings is 1. The smallest absolute Gasteiger partial charge is 0.337 e. The summed E-state index contributed by atoms with van der Waals surface area (Å²) in [4.78, 5) is 14.8. The third-order valence-electron chi connectivity index (χ3n) is 2.77. The van der Waals surface area contributed by atoms with Crippen molar-refractivity contribution in [3.05, 3.63) is 53.1 Å². The molecule has 0 atom stereocenters. The van der Waals surface area contributed by atoms with Crippen LogP contribution >= 0.6 is 0 Å². The highest BCUT2D eigenvalue weighted by Crippen LogP contribution is 2.28. The van der Waals surface area contributed by atoms with E-state index in [-0.39, 0.29) is 11.4 Å². The molecule has 1 N–H and O–H groups in total. The second-order valence-electron chi connectivity index (χ2n) is 4.18. The number of carboxylic acids is 1. The SMILES string of the molecule is Cc1cc(F)cc(C)c1-c1cncc(C(=O)O)c1. The number of hydrogen-bond acceptors (Lipinski definition) is 2. The van der Waals surface area contributed by atoms with Crippen molar-refractivity contribution in [1.29, 1.82) is 0 Å². The molecule has 0 aliphatic carbocycles. The molecule has 0 radical (unpaired) electrons. The standard InChI is InChI=1S/C14H12FNO2/c1-8-3-12(15)4-9(2)13(8)10-5-11(14(17)18)7-16-6-10/h3-7H,1-2H3,(H,17,18). The van der Waals surface area contributed by atoms with Gasteiger partial charge in [0.1, 0.15) is 5.82 Å². The predicted molar refractivity (Wildman–Crippen MR) is 66.1 cm³/mol. The van der Waals surface area contributed by atoms with Crippen molar-refractivity contribution in [3.63, 3.8) is 0 Å². The van der Waals surface area contributed by atoms with Crippen LogP contribution in [0.1, 0.15) is 21.5 Å². The van der Waals surface area contributed by atoms with Crippen LogP contribution in [0, 0.1) is 19.7 Å². The maximum Gasteiger partial charge on any atom is 0.337 e. The molecule has 0 fully saturated rings. The summed E-state index contributed by atoms with van der Waals surface area (Å²) >= 11 is 0. The van der Waals surface area contributed by atoms with Crippen molar-refractivity contribution in [2.75, 3.05) is 0 Å². The van der Waals surface area contributed by atoms with Crippen LogP contribution in [0.2, 0.25) is 0 Å². The van der Waals surface area contributed by atoms with Crippen LogP contribution in [0.3, 0.4) is 0 Å². The monoisotopic (exact) mass is 245 g/mol. The molecule has 0 bridgehead atoms. The van der Waals surface area contributed by atoms with E-state index in [0.29, 0.717) is 5.56 Å². The van der Waals surface area contributed by atoms with Crippen LogP contribution in [0.25, 0.3) is 11.1 Å². The Labute approximate surface area is 104 Å². The first-order valence-electron chi connectivity index (χ1n) is 5.44. The lowest BCUT2D eigenvalue weighted by atomic mass is 9.96. The average molecular weight is 245 g/mol. The molecule has 0 aliphatic heterocycles. The molecule has 92 valence electrons. The van der Waals surface area contributed by atoms with Crippen LogP contribution in [0.5, 0.6) is 0 Å². The lowest BCUT2D eigenvalue weighted by Gasteiger charge is -2.10. The molecule has 2 aromatic rings. The summed E-state index contributed by atoms with van der Waals surface area (Å²) in [5.41, 5.74) is 3.15. The lowest BCUT2D eigenvalue weighted by Crippen LogP contribution is -1.98. The molecule has 1 aromatic carbocycles. The Morgan fingerprint density at radius 2 is 1.78 bits per heavy atom. The highest BCUT2D eigenvalue weighted by Gasteiger charge is 2.11. The van der Waals surface area contributed by atoms with E-state index in [0.717, 1.165) is 16.7 Å². The van der Waals surface area contributed by atoms with Gasteiger partial charge in [-0.15, -0.1) is 0 Å². The minimum Gasteiger partial charge on any atom is -0.478 e. The van der Waals surface area contributed by atoms with Crippen LogP contribution in [0.15, 0.2) is 30.6 Å². The van der Waals surface area contributed by atoms with E-state index < -0.39 is 5.97 Å². The molecule has 1 heterocycles. The topological polar surface area (TPSA) is 50.2 Å². The van der Waals surface area contributed by atoms with Gasteiger partial charge in [0.2, 0.25) is 0 Å². The van der Waals surface area contributed by atoms with E-state index >= 15 is 0 Å². The molecule has 0 amide bonds. The third kappa shape index (κ3) is 2.22. The van der Waals surface area contributed by atoms with Gasteiger partial charge in [-0.05, 0) is 48.7 Å². The highest BCUT2D eigenvalue weighted by atomic mass is 19.1. The van der Waals surface area contributed by atoms with E-state index in [4.69, 9.17) is 5.11 Å². The summed E-state index contributed by atoms with van der Waals surface area (Å²) in [6.07, 6.45) is 2.87. The van der Waals surface area contributed by atoms with E-state index in [1.165, 1.54) is 18.3 Å². The number of pyridine rings is 1. The fourth-order valence-electron chi connectivity index (χ4n) is 2.06. The zero-order valence-corrected chi connectivity index (χ0v) is 10.1. The minimum absolute atomic E-state index is 0.121. The quantitative estimate of drug-likeness (QED) is 0.883. The largest absolute Gasteiger partial charge is 0.478 e. The Kier molecular flexibility index (Phi) is 3.10. The van der Waals surface area contributed by atoms with Crippen molar-refractivity contribution in [3.8, 4) is 11.1 Å². The summed E-state index contributed by atoms with van der Waals surface area (Å²) in [5.74, 6) is -1.32. The zero-order chi connectivity index (χ0) is 13.3. The molecule has 4 heteroatoms. The molecule has 0 aliphatic rings. The van der Waals surface area contributed by atoms with Crippen LogP contribution in [0.4, 0.5) is 4.39 Å². The number of aryl methyl sites for hydroxylation is 2. The highest BCUT2D eigenvalue weighted by molar-refractivity contribution is 5.89. The van der Waals surface area contributed by atoms with Gasteiger partial charge < -0.3 is 5.11 Å². The van der Waals surface area contributed by atoms with Gasteiger partial charge in [0, 0.05) is 18.0 Å². The van der Waals surface area contributed by atoms with Crippen molar-refractivity contribution in [2.45, 2.75) is 13.8 Å². The third-order valence-corrected chi connectivity index (χ3v) is 2.77. The summed E-state index contributed by atoms with van der Waals surface area (Å²) < 4.78 is 13.2. The Morgan fingerprint density at radius 3 is 2.33 bits per heavy atom. The maximum absolute atomic E-state index is 13.2. The van der Waals surface area contributed by atoms with E-state index in [1.807, 2.05) is 0 Å². The van der Waals surface area contributed by atoms with Gasteiger partial charge in [0.05, 0.1) is 5.56 Å². The normalized spacial score (nSPS) is 10.4. The van der Waals surface area contributed by atoms with E-state index in [1.54, 1.807) is 26.1 Å². The molecular weight excluding hydrogens is 233 g/mol. The summed E-state index contributed by atoms with van der Waals surface area (Å²) in [7, 11) is 0. The molecule has 1 aromatic heterocycles. The molecule has 18 heavy (non-hydrogen) atoms. The molecule has 0 saturated carbocycles. The van der Waals surface area contributed by atoms with E-state index in [9.17, 15) is 9.18 Å². The number of carboxylic acid groups (broad SMARTS) is 1. The molecular formula is C14H12FNO2. The van der Waals surface area contributed by atoms with Gasteiger partial charge in [-0.3, -0.25) is 4.98 Å². The molecule has 3 nitrogen and oxygen atoms in total.